The Bertz CT molecular complexity index is 1330. The Labute approximate surface area is 170 Å². The number of carbonyl (C=O) groups excluding carboxylic acids is 1. The van der Waals surface area contributed by atoms with Crippen LogP contribution in [0.25, 0.3) is 16.9 Å². The van der Waals surface area contributed by atoms with Gasteiger partial charge in [0.15, 0.2) is 11.2 Å². The van der Waals surface area contributed by atoms with E-state index in [2.05, 4.69) is 25.6 Å². The molecular formula is C19H12F4N6O2. The Morgan fingerprint density at radius 1 is 1.03 bits per heavy atom. The third-order valence-electron chi connectivity index (χ3n) is 4.29. The maximum Gasteiger partial charge on any atom is 0.416 e. The van der Waals surface area contributed by atoms with E-state index in [1.807, 2.05) is 0 Å². The van der Waals surface area contributed by atoms with Crippen LogP contribution in [-0.2, 0) is 6.18 Å². The highest BCUT2D eigenvalue weighted by Gasteiger charge is 2.31. The van der Waals surface area contributed by atoms with Crippen LogP contribution in [0.3, 0.4) is 0 Å². The van der Waals surface area contributed by atoms with Crippen LogP contribution >= 0.6 is 0 Å². The zero-order valence-electron chi connectivity index (χ0n) is 15.4. The molecule has 0 saturated heterocycles. The van der Waals surface area contributed by atoms with Gasteiger partial charge in [0.05, 0.1) is 17.6 Å². The first kappa shape index (κ1) is 20.1. The van der Waals surface area contributed by atoms with E-state index in [0.717, 1.165) is 0 Å². The number of anilines is 2. The number of alkyl halides is 3. The van der Waals surface area contributed by atoms with E-state index in [1.54, 1.807) is 16.7 Å². The van der Waals surface area contributed by atoms with E-state index in [-0.39, 0.29) is 11.1 Å². The van der Waals surface area contributed by atoms with E-state index in [0.29, 0.717) is 35.2 Å². The SMILES string of the molecule is O=C(Nc1ccc(-n2cnc3c(=O)[nH]cnc32)cc1)Nc1cc(C(F)(F)F)ccc1F. The number of aromatic nitrogens is 4. The molecule has 4 aromatic rings. The standard InChI is InChI=1S/C19H12F4N6O2/c20-13-6-1-10(19(21,22)23)7-14(13)28-18(31)27-11-2-4-12(5-3-11)29-9-26-15-16(29)24-8-25-17(15)30/h1-9H,(H,24,25,30)(H2,27,28,31). The molecule has 0 fully saturated rings. The van der Waals surface area contributed by atoms with E-state index in [1.165, 1.54) is 24.8 Å². The molecule has 31 heavy (non-hydrogen) atoms. The molecule has 2 amide bonds. The van der Waals surface area contributed by atoms with Crippen LogP contribution in [0.15, 0.2) is 59.9 Å². The van der Waals surface area contributed by atoms with Crippen molar-refractivity contribution in [2.75, 3.05) is 10.6 Å². The fraction of sp³-hybridized carbons (Fsp3) is 0.0526. The Balaban J connectivity index is 1.50. The predicted molar refractivity (Wildman–Crippen MR) is 104 cm³/mol. The van der Waals surface area contributed by atoms with Crippen molar-refractivity contribution in [2.45, 2.75) is 6.18 Å². The summed E-state index contributed by atoms with van der Waals surface area (Å²) in [6.45, 7) is 0. The summed E-state index contributed by atoms with van der Waals surface area (Å²) in [7, 11) is 0. The maximum absolute atomic E-state index is 13.8. The molecule has 0 atom stereocenters. The first-order chi connectivity index (χ1) is 14.7. The Kier molecular flexibility index (Phi) is 4.89. The molecule has 12 heteroatoms. The quantitative estimate of drug-likeness (QED) is 0.427. The molecule has 0 aliphatic carbocycles. The van der Waals surface area contributed by atoms with Gasteiger partial charge in [-0.15, -0.1) is 0 Å². The zero-order chi connectivity index (χ0) is 22.2. The van der Waals surface area contributed by atoms with Gasteiger partial charge < -0.3 is 15.6 Å². The topological polar surface area (TPSA) is 105 Å². The number of rotatable bonds is 3. The van der Waals surface area contributed by atoms with E-state index >= 15 is 0 Å². The van der Waals surface area contributed by atoms with Crippen molar-refractivity contribution < 1.29 is 22.4 Å². The smallest absolute Gasteiger partial charge is 0.311 e. The Morgan fingerprint density at radius 3 is 2.48 bits per heavy atom. The summed E-state index contributed by atoms with van der Waals surface area (Å²) in [6, 6.07) is 7.02. The van der Waals surface area contributed by atoms with Gasteiger partial charge in [0.1, 0.15) is 12.1 Å². The highest BCUT2D eigenvalue weighted by Crippen LogP contribution is 2.31. The van der Waals surface area contributed by atoms with Crippen LogP contribution < -0.4 is 16.2 Å². The minimum Gasteiger partial charge on any atom is -0.311 e. The van der Waals surface area contributed by atoms with Crippen LogP contribution in [0.4, 0.5) is 33.7 Å². The molecule has 2 aromatic carbocycles. The average Bonchev–Trinajstić information content (AvgIpc) is 3.15. The summed E-state index contributed by atoms with van der Waals surface area (Å²) in [5, 5.41) is 4.46. The number of urea groups is 1. The second kappa shape index (κ2) is 7.55. The molecule has 0 spiro atoms. The fourth-order valence-electron chi connectivity index (χ4n) is 2.82. The number of benzene rings is 2. The number of imidazole rings is 1. The van der Waals surface area contributed by atoms with Gasteiger partial charge in [-0.25, -0.2) is 19.2 Å². The second-order valence-electron chi connectivity index (χ2n) is 6.34. The zero-order valence-corrected chi connectivity index (χ0v) is 15.4. The summed E-state index contributed by atoms with van der Waals surface area (Å²) in [4.78, 5) is 34.3. The summed E-state index contributed by atoms with van der Waals surface area (Å²) >= 11 is 0. The molecule has 0 radical (unpaired) electrons. The van der Waals surface area contributed by atoms with Crippen molar-refractivity contribution in [2.24, 2.45) is 0 Å². The molecule has 0 aliphatic rings. The number of hydrogen-bond acceptors (Lipinski definition) is 4. The summed E-state index contributed by atoms with van der Waals surface area (Å²) in [5.41, 5.74) is -0.701. The van der Waals surface area contributed by atoms with Gasteiger partial charge in [-0.1, -0.05) is 0 Å². The first-order valence-electron chi connectivity index (χ1n) is 8.68. The van der Waals surface area contributed by atoms with Crippen LogP contribution in [-0.4, -0.2) is 25.6 Å². The van der Waals surface area contributed by atoms with Crippen molar-refractivity contribution in [1.29, 1.82) is 0 Å². The van der Waals surface area contributed by atoms with Gasteiger partial charge in [-0.3, -0.25) is 9.36 Å². The van der Waals surface area contributed by atoms with Crippen LogP contribution in [0.5, 0.6) is 0 Å². The van der Waals surface area contributed by atoms with Crippen molar-refractivity contribution in [3.63, 3.8) is 0 Å². The van der Waals surface area contributed by atoms with E-state index in [4.69, 9.17) is 0 Å². The average molecular weight is 432 g/mol. The normalized spacial score (nSPS) is 11.5. The van der Waals surface area contributed by atoms with Crippen LogP contribution in [0.1, 0.15) is 5.56 Å². The number of nitrogens with zero attached hydrogens (tertiary/aromatic N) is 3. The molecule has 0 unspecified atom stereocenters. The molecule has 2 aromatic heterocycles. The van der Waals surface area contributed by atoms with Crippen molar-refractivity contribution in [3.05, 3.63) is 76.9 Å². The molecule has 8 nitrogen and oxygen atoms in total. The lowest BCUT2D eigenvalue weighted by atomic mass is 10.2. The minimum atomic E-state index is -4.67. The number of halogens is 4. The Morgan fingerprint density at radius 2 is 1.77 bits per heavy atom. The van der Waals surface area contributed by atoms with E-state index < -0.39 is 29.3 Å². The number of carbonyl (C=O) groups is 1. The molecule has 0 bridgehead atoms. The molecular weight excluding hydrogens is 420 g/mol. The van der Waals surface area contributed by atoms with Gasteiger partial charge in [-0.2, -0.15) is 13.2 Å². The molecule has 0 aliphatic heterocycles. The van der Waals surface area contributed by atoms with Gasteiger partial charge in [-0.05, 0) is 42.5 Å². The lowest BCUT2D eigenvalue weighted by Crippen LogP contribution is -2.20. The molecule has 0 saturated carbocycles. The number of aromatic amines is 1. The number of amides is 2. The van der Waals surface area contributed by atoms with Crippen molar-refractivity contribution in [3.8, 4) is 5.69 Å². The largest absolute Gasteiger partial charge is 0.416 e. The third kappa shape index (κ3) is 4.08. The highest BCUT2D eigenvalue weighted by molar-refractivity contribution is 5.99. The second-order valence-corrected chi connectivity index (χ2v) is 6.34. The molecule has 3 N–H and O–H groups in total. The Hall–Kier alpha value is -4.22. The monoisotopic (exact) mass is 432 g/mol. The van der Waals surface area contributed by atoms with Crippen molar-refractivity contribution in [1.82, 2.24) is 19.5 Å². The lowest BCUT2D eigenvalue weighted by molar-refractivity contribution is -0.137. The van der Waals surface area contributed by atoms with E-state index in [9.17, 15) is 27.2 Å². The lowest BCUT2D eigenvalue weighted by Gasteiger charge is -2.12. The fourth-order valence-corrected chi connectivity index (χ4v) is 2.82. The van der Waals surface area contributed by atoms with Gasteiger partial charge in [0, 0.05) is 11.4 Å². The molecule has 158 valence electrons. The maximum atomic E-state index is 13.8. The minimum absolute atomic E-state index is 0.159. The molecule has 4 rings (SSSR count). The number of nitrogens with one attached hydrogen (secondary N) is 3. The number of H-pyrrole nitrogens is 1. The van der Waals surface area contributed by atoms with Crippen LogP contribution in [0.2, 0.25) is 0 Å². The van der Waals surface area contributed by atoms with Crippen LogP contribution in [0, 0.1) is 5.82 Å². The summed E-state index contributed by atoms with van der Waals surface area (Å²) in [6.07, 6.45) is -2.01. The van der Waals surface area contributed by atoms with Gasteiger partial charge in [0.2, 0.25) is 0 Å². The number of hydrogen-bond donors (Lipinski definition) is 3. The first-order valence-corrected chi connectivity index (χ1v) is 8.68. The molecule has 2 heterocycles. The third-order valence-corrected chi connectivity index (χ3v) is 4.29. The van der Waals surface area contributed by atoms with Gasteiger partial charge >= 0.3 is 12.2 Å². The summed E-state index contributed by atoms with van der Waals surface area (Å²) < 4.78 is 53.7. The highest BCUT2D eigenvalue weighted by atomic mass is 19.4. The van der Waals surface area contributed by atoms with Crippen molar-refractivity contribution >= 4 is 28.6 Å². The number of fused-ring (bicyclic) bond motifs is 1. The predicted octanol–water partition coefficient (Wildman–Crippen LogP) is 3.91. The summed E-state index contributed by atoms with van der Waals surface area (Å²) in [5.74, 6) is -1.01. The van der Waals surface area contributed by atoms with Gasteiger partial charge in [0.25, 0.3) is 5.56 Å².